The Kier molecular flexibility index (Phi) is 4.37. The Morgan fingerprint density at radius 1 is 1.42 bits per heavy atom. The summed E-state index contributed by atoms with van der Waals surface area (Å²) in [4.78, 5) is 25.8. The summed E-state index contributed by atoms with van der Waals surface area (Å²) in [5.74, 6) is -0.164. The number of H-pyrrole nitrogens is 1. The van der Waals surface area contributed by atoms with Gasteiger partial charge < -0.3 is 15.4 Å². The number of rotatable bonds is 4. The number of aliphatic hydroxyl groups excluding tert-OH is 1. The summed E-state index contributed by atoms with van der Waals surface area (Å²) in [6.45, 7) is 1.94. The zero-order valence-corrected chi connectivity index (χ0v) is 11.1. The Bertz CT molecular complexity index is 467. The van der Waals surface area contributed by atoms with E-state index < -0.39 is 0 Å². The third kappa shape index (κ3) is 3.44. The van der Waals surface area contributed by atoms with Crippen molar-refractivity contribution < 1.29 is 14.7 Å². The van der Waals surface area contributed by atoms with E-state index >= 15 is 0 Å². The van der Waals surface area contributed by atoms with Gasteiger partial charge in [-0.05, 0) is 25.8 Å². The fourth-order valence-corrected chi connectivity index (χ4v) is 2.47. The number of aromatic amines is 1. The number of amides is 1. The molecule has 0 radical (unpaired) electrons. The molecule has 1 aliphatic rings. The van der Waals surface area contributed by atoms with Crippen molar-refractivity contribution in [2.45, 2.75) is 38.7 Å². The van der Waals surface area contributed by atoms with E-state index in [9.17, 15) is 14.7 Å². The van der Waals surface area contributed by atoms with Gasteiger partial charge in [0.15, 0.2) is 5.78 Å². The first kappa shape index (κ1) is 13.8. The fraction of sp³-hybridized carbons (Fsp3) is 0.571. The van der Waals surface area contributed by atoms with Gasteiger partial charge in [0.1, 0.15) is 5.69 Å². The van der Waals surface area contributed by atoms with E-state index in [1.54, 1.807) is 6.07 Å². The van der Waals surface area contributed by atoms with Crippen LogP contribution >= 0.6 is 0 Å². The number of hydrogen-bond acceptors (Lipinski definition) is 3. The number of hydrogen-bond donors (Lipinski definition) is 3. The van der Waals surface area contributed by atoms with E-state index in [2.05, 4.69) is 10.3 Å². The molecule has 2 rings (SSSR count). The first-order valence-corrected chi connectivity index (χ1v) is 6.73. The van der Waals surface area contributed by atoms with Crippen LogP contribution in [0.2, 0.25) is 0 Å². The van der Waals surface area contributed by atoms with E-state index in [0.717, 1.165) is 25.7 Å². The second kappa shape index (κ2) is 6.02. The third-order valence-electron chi connectivity index (χ3n) is 3.73. The summed E-state index contributed by atoms with van der Waals surface area (Å²) in [5.41, 5.74) is 0.887. The van der Waals surface area contributed by atoms with Crippen LogP contribution in [0.3, 0.4) is 0 Å². The number of ketones is 1. The normalized spacial score (nSPS) is 23.1. The molecular formula is C14H20N2O3. The number of carbonyl (C=O) groups excluding carboxylic acids is 2. The highest BCUT2D eigenvalue weighted by atomic mass is 16.3. The molecule has 1 aromatic heterocycles. The van der Waals surface area contributed by atoms with Crippen molar-refractivity contribution in [1.82, 2.24) is 10.3 Å². The molecule has 1 amide bonds. The number of Topliss-reactive ketones (excluding diaryl/α,β-unsaturated/α-hetero) is 1. The van der Waals surface area contributed by atoms with Crippen molar-refractivity contribution in [3.63, 3.8) is 0 Å². The van der Waals surface area contributed by atoms with Crippen LogP contribution in [-0.4, -0.2) is 34.4 Å². The molecule has 3 N–H and O–H groups in total. The van der Waals surface area contributed by atoms with Gasteiger partial charge in [0.05, 0.1) is 6.10 Å². The zero-order chi connectivity index (χ0) is 13.8. The van der Waals surface area contributed by atoms with E-state index in [4.69, 9.17) is 0 Å². The topological polar surface area (TPSA) is 82.2 Å². The van der Waals surface area contributed by atoms with Gasteiger partial charge in [0.2, 0.25) is 0 Å². The number of nitrogens with one attached hydrogen (secondary N) is 2. The summed E-state index contributed by atoms with van der Waals surface area (Å²) in [7, 11) is 0. The summed E-state index contributed by atoms with van der Waals surface area (Å²) in [5, 5.41) is 12.6. The molecule has 1 aromatic rings. The van der Waals surface area contributed by atoms with Gasteiger partial charge in [-0.15, -0.1) is 0 Å². The molecule has 0 bridgehead atoms. The largest absolute Gasteiger partial charge is 0.393 e. The lowest BCUT2D eigenvalue weighted by Gasteiger charge is -2.27. The molecule has 104 valence electrons. The lowest BCUT2D eigenvalue weighted by atomic mass is 9.86. The van der Waals surface area contributed by atoms with Crippen LogP contribution in [0.5, 0.6) is 0 Å². The molecular weight excluding hydrogens is 244 g/mol. The molecule has 1 saturated carbocycles. The van der Waals surface area contributed by atoms with Gasteiger partial charge in [-0.1, -0.05) is 12.8 Å². The SMILES string of the molecule is CC(=O)c1c[nH]c(C(=O)NCC2CCCCC2O)c1. The highest BCUT2D eigenvalue weighted by Gasteiger charge is 2.23. The van der Waals surface area contributed by atoms with E-state index in [0.29, 0.717) is 17.8 Å². The van der Waals surface area contributed by atoms with Gasteiger partial charge in [-0.25, -0.2) is 0 Å². The lowest BCUT2D eigenvalue weighted by molar-refractivity contribution is 0.0662. The minimum absolute atomic E-state index is 0.0713. The van der Waals surface area contributed by atoms with Crippen LogP contribution in [-0.2, 0) is 0 Å². The van der Waals surface area contributed by atoms with Crippen LogP contribution in [0.25, 0.3) is 0 Å². The molecule has 1 aliphatic carbocycles. The summed E-state index contributed by atoms with van der Waals surface area (Å²) in [6, 6.07) is 1.55. The number of carbonyl (C=O) groups is 2. The van der Waals surface area contributed by atoms with Crippen LogP contribution < -0.4 is 5.32 Å². The molecule has 2 atom stereocenters. The van der Waals surface area contributed by atoms with Gasteiger partial charge in [0.25, 0.3) is 5.91 Å². The molecule has 0 saturated heterocycles. The second-order valence-corrected chi connectivity index (χ2v) is 5.18. The lowest BCUT2D eigenvalue weighted by Crippen LogP contribution is -2.36. The highest BCUT2D eigenvalue weighted by molar-refractivity contribution is 5.99. The quantitative estimate of drug-likeness (QED) is 0.721. The first-order valence-electron chi connectivity index (χ1n) is 6.73. The van der Waals surface area contributed by atoms with Crippen LogP contribution in [0.1, 0.15) is 53.5 Å². The molecule has 1 heterocycles. The Morgan fingerprint density at radius 3 is 2.79 bits per heavy atom. The Labute approximate surface area is 112 Å². The Morgan fingerprint density at radius 2 is 2.16 bits per heavy atom. The van der Waals surface area contributed by atoms with Gasteiger partial charge in [-0.2, -0.15) is 0 Å². The Balaban J connectivity index is 1.88. The molecule has 5 heteroatoms. The third-order valence-corrected chi connectivity index (χ3v) is 3.73. The average Bonchev–Trinajstić information content (AvgIpc) is 2.87. The maximum atomic E-state index is 11.9. The second-order valence-electron chi connectivity index (χ2n) is 5.18. The predicted octanol–water partition coefficient (Wildman–Crippen LogP) is 1.50. The van der Waals surface area contributed by atoms with Crippen LogP contribution in [0, 0.1) is 5.92 Å². The van der Waals surface area contributed by atoms with Gasteiger partial charge >= 0.3 is 0 Å². The molecule has 5 nitrogen and oxygen atoms in total. The predicted molar refractivity (Wildman–Crippen MR) is 71.1 cm³/mol. The zero-order valence-electron chi connectivity index (χ0n) is 11.1. The van der Waals surface area contributed by atoms with E-state index in [1.165, 1.54) is 13.1 Å². The summed E-state index contributed by atoms with van der Waals surface area (Å²) in [6.07, 6.45) is 5.15. The smallest absolute Gasteiger partial charge is 0.267 e. The van der Waals surface area contributed by atoms with Crippen molar-refractivity contribution in [2.75, 3.05) is 6.54 Å². The minimum Gasteiger partial charge on any atom is -0.393 e. The monoisotopic (exact) mass is 264 g/mol. The molecule has 19 heavy (non-hydrogen) atoms. The van der Waals surface area contributed by atoms with Crippen molar-refractivity contribution >= 4 is 11.7 Å². The number of aliphatic hydroxyl groups is 1. The fourth-order valence-electron chi connectivity index (χ4n) is 2.47. The highest BCUT2D eigenvalue weighted by Crippen LogP contribution is 2.23. The summed E-state index contributed by atoms with van der Waals surface area (Å²) < 4.78 is 0. The first-order chi connectivity index (χ1) is 9.08. The standard InChI is InChI=1S/C14H20N2O3/c1-9(17)11-6-12(15-8-11)14(19)16-7-10-4-2-3-5-13(10)18/h6,8,10,13,15,18H,2-5,7H2,1H3,(H,16,19). The Hall–Kier alpha value is -1.62. The van der Waals surface area contributed by atoms with Crippen molar-refractivity contribution in [3.05, 3.63) is 23.5 Å². The molecule has 0 aromatic carbocycles. The minimum atomic E-state index is -0.314. The maximum Gasteiger partial charge on any atom is 0.267 e. The van der Waals surface area contributed by atoms with Crippen LogP contribution in [0.4, 0.5) is 0 Å². The van der Waals surface area contributed by atoms with Gasteiger partial charge in [-0.3, -0.25) is 9.59 Å². The van der Waals surface area contributed by atoms with E-state index in [-0.39, 0.29) is 23.7 Å². The van der Waals surface area contributed by atoms with Gasteiger partial charge in [0, 0.05) is 24.2 Å². The molecule has 2 unspecified atom stereocenters. The maximum absolute atomic E-state index is 11.9. The summed E-state index contributed by atoms with van der Waals surface area (Å²) >= 11 is 0. The molecule has 1 fully saturated rings. The van der Waals surface area contributed by atoms with Crippen molar-refractivity contribution in [3.8, 4) is 0 Å². The van der Waals surface area contributed by atoms with Crippen molar-refractivity contribution in [2.24, 2.45) is 5.92 Å². The molecule has 0 spiro atoms. The van der Waals surface area contributed by atoms with Crippen LogP contribution in [0.15, 0.2) is 12.3 Å². The van der Waals surface area contributed by atoms with E-state index in [1.807, 2.05) is 0 Å². The number of aromatic nitrogens is 1. The molecule has 0 aliphatic heterocycles. The van der Waals surface area contributed by atoms with Crippen molar-refractivity contribution in [1.29, 1.82) is 0 Å². The average molecular weight is 264 g/mol.